The molecule has 0 unspecified atom stereocenters. The standard InChI is InChI=1S/C11H21N3O5/c1-3-13-8(16)5-4-7(12)10(17)14-9(6(2)15)11(18)19/h6-7,9,15H,3-5,12H2,1-2H3,(H,13,16)(H,14,17)(H,18,19)/t6-,7+,9+/m1/s1. The third kappa shape index (κ3) is 6.73. The maximum atomic E-state index is 11.6. The van der Waals surface area contributed by atoms with E-state index in [2.05, 4.69) is 10.6 Å². The van der Waals surface area contributed by atoms with Crippen LogP contribution in [-0.4, -0.2) is 52.7 Å². The Labute approximate surface area is 111 Å². The van der Waals surface area contributed by atoms with Crippen LogP contribution in [0.5, 0.6) is 0 Å². The Morgan fingerprint density at radius 3 is 2.32 bits per heavy atom. The average molecular weight is 275 g/mol. The second-order valence-corrected chi connectivity index (χ2v) is 4.16. The molecule has 3 atom stereocenters. The van der Waals surface area contributed by atoms with Crippen LogP contribution in [0.4, 0.5) is 0 Å². The van der Waals surface area contributed by atoms with E-state index in [-0.39, 0.29) is 18.7 Å². The van der Waals surface area contributed by atoms with Crippen molar-refractivity contribution in [1.82, 2.24) is 10.6 Å². The van der Waals surface area contributed by atoms with Gasteiger partial charge >= 0.3 is 5.97 Å². The minimum Gasteiger partial charge on any atom is -0.480 e. The number of amides is 2. The van der Waals surface area contributed by atoms with E-state index in [1.54, 1.807) is 6.92 Å². The van der Waals surface area contributed by atoms with Crippen LogP contribution in [0.1, 0.15) is 26.7 Å². The molecule has 8 nitrogen and oxygen atoms in total. The highest BCUT2D eigenvalue weighted by Gasteiger charge is 2.27. The number of carbonyl (C=O) groups excluding carboxylic acids is 2. The molecule has 0 spiro atoms. The highest BCUT2D eigenvalue weighted by molar-refractivity contribution is 5.87. The molecule has 0 heterocycles. The van der Waals surface area contributed by atoms with Gasteiger partial charge in [0.1, 0.15) is 0 Å². The summed E-state index contributed by atoms with van der Waals surface area (Å²) in [6.45, 7) is 3.51. The van der Waals surface area contributed by atoms with Crippen molar-refractivity contribution in [1.29, 1.82) is 0 Å². The number of hydrogen-bond donors (Lipinski definition) is 5. The summed E-state index contributed by atoms with van der Waals surface area (Å²) in [4.78, 5) is 33.5. The van der Waals surface area contributed by atoms with Crippen molar-refractivity contribution in [3.63, 3.8) is 0 Å². The normalized spacial score (nSPS) is 15.2. The van der Waals surface area contributed by atoms with Gasteiger partial charge in [0.25, 0.3) is 0 Å². The molecule has 0 radical (unpaired) electrons. The van der Waals surface area contributed by atoms with E-state index in [4.69, 9.17) is 10.8 Å². The van der Waals surface area contributed by atoms with E-state index in [0.29, 0.717) is 6.54 Å². The zero-order chi connectivity index (χ0) is 15.0. The Morgan fingerprint density at radius 2 is 1.89 bits per heavy atom. The lowest BCUT2D eigenvalue weighted by Gasteiger charge is -2.19. The molecule has 6 N–H and O–H groups in total. The van der Waals surface area contributed by atoms with Crippen molar-refractivity contribution >= 4 is 17.8 Å². The zero-order valence-corrected chi connectivity index (χ0v) is 11.0. The second kappa shape index (κ2) is 8.44. The first kappa shape index (κ1) is 17.3. The van der Waals surface area contributed by atoms with Crippen LogP contribution >= 0.6 is 0 Å². The summed E-state index contributed by atoms with van der Waals surface area (Å²) in [5, 5.41) is 22.7. The third-order valence-corrected chi connectivity index (χ3v) is 2.44. The summed E-state index contributed by atoms with van der Waals surface area (Å²) >= 11 is 0. The van der Waals surface area contributed by atoms with E-state index in [9.17, 15) is 19.5 Å². The predicted octanol–water partition coefficient (Wildman–Crippen LogP) is -1.82. The molecule has 0 rings (SSSR count). The Morgan fingerprint density at radius 1 is 1.32 bits per heavy atom. The SMILES string of the molecule is CCNC(=O)CC[C@H](N)C(=O)N[C@H](C(=O)O)[C@@H](C)O. The van der Waals surface area contributed by atoms with Gasteiger partial charge < -0.3 is 26.6 Å². The number of aliphatic carboxylic acids is 1. The molecule has 2 amide bonds. The van der Waals surface area contributed by atoms with Gasteiger partial charge in [-0.05, 0) is 20.3 Å². The number of aliphatic hydroxyl groups excluding tert-OH is 1. The number of carboxylic acid groups (broad SMARTS) is 1. The third-order valence-electron chi connectivity index (χ3n) is 2.44. The number of nitrogens with two attached hydrogens (primary N) is 1. The fraction of sp³-hybridized carbons (Fsp3) is 0.727. The van der Waals surface area contributed by atoms with Crippen molar-refractivity contribution in [2.75, 3.05) is 6.54 Å². The van der Waals surface area contributed by atoms with Crippen LogP contribution in [0.2, 0.25) is 0 Å². The summed E-state index contributed by atoms with van der Waals surface area (Å²) in [5.74, 6) is -2.28. The quantitative estimate of drug-likeness (QED) is 0.353. The molecule has 0 aromatic rings. The largest absolute Gasteiger partial charge is 0.480 e. The van der Waals surface area contributed by atoms with Gasteiger partial charge in [-0.15, -0.1) is 0 Å². The molecular weight excluding hydrogens is 254 g/mol. The van der Waals surface area contributed by atoms with Crippen molar-refractivity contribution in [2.24, 2.45) is 5.73 Å². The number of aliphatic hydroxyl groups is 1. The number of carbonyl (C=O) groups is 3. The number of carboxylic acids is 1. The average Bonchev–Trinajstić information content (AvgIpc) is 2.32. The lowest BCUT2D eigenvalue weighted by molar-refractivity contribution is -0.145. The number of rotatable bonds is 8. The molecule has 0 aliphatic carbocycles. The van der Waals surface area contributed by atoms with Crippen molar-refractivity contribution in [2.45, 2.75) is 44.9 Å². The molecule has 0 saturated carbocycles. The predicted molar refractivity (Wildman–Crippen MR) is 67.1 cm³/mol. The van der Waals surface area contributed by atoms with Crippen molar-refractivity contribution in [3.8, 4) is 0 Å². The summed E-state index contributed by atoms with van der Waals surface area (Å²) in [7, 11) is 0. The molecule has 0 aliphatic rings. The topological polar surface area (TPSA) is 142 Å². The second-order valence-electron chi connectivity index (χ2n) is 4.16. The molecule has 0 fully saturated rings. The van der Waals surface area contributed by atoms with Gasteiger partial charge in [-0.2, -0.15) is 0 Å². The maximum Gasteiger partial charge on any atom is 0.328 e. The maximum absolute atomic E-state index is 11.6. The number of hydrogen-bond acceptors (Lipinski definition) is 5. The minimum absolute atomic E-state index is 0.0782. The highest BCUT2D eigenvalue weighted by Crippen LogP contribution is 1.98. The lowest BCUT2D eigenvalue weighted by atomic mass is 10.1. The van der Waals surface area contributed by atoms with E-state index < -0.39 is 30.1 Å². The van der Waals surface area contributed by atoms with Gasteiger partial charge in [0.05, 0.1) is 12.1 Å². The monoisotopic (exact) mass is 275 g/mol. The number of nitrogens with one attached hydrogen (secondary N) is 2. The van der Waals surface area contributed by atoms with Gasteiger partial charge in [-0.3, -0.25) is 9.59 Å². The van der Waals surface area contributed by atoms with Crippen LogP contribution in [0.3, 0.4) is 0 Å². The smallest absolute Gasteiger partial charge is 0.328 e. The van der Waals surface area contributed by atoms with E-state index in [1.165, 1.54) is 6.92 Å². The van der Waals surface area contributed by atoms with Gasteiger partial charge in [-0.1, -0.05) is 0 Å². The molecule has 8 heteroatoms. The molecule has 110 valence electrons. The molecule has 0 aromatic carbocycles. The molecular formula is C11H21N3O5. The zero-order valence-electron chi connectivity index (χ0n) is 11.0. The lowest BCUT2D eigenvalue weighted by Crippen LogP contribution is -2.52. The summed E-state index contributed by atoms with van der Waals surface area (Å²) in [6.07, 6.45) is -1.06. The minimum atomic E-state index is -1.41. The Bertz CT molecular complexity index is 332. The first-order chi connectivity index (χ1) is 8.79. The Kier molecular flexibility index (Phi) is 7.69. The summed E-state index contributed by atoms with van der Waals surface area (Å²) < 4.78 is 0. The van der Waals surface area contributed by atoms with Gasteiger partial charge in [0, 0.05) is 13.0 Å². The molecule has 0 bridgehead atoms. The fourth-order valence-electron chi connectivity index (χ4n) is 1.35. The van der Waals surface area contributed by atoms with Crippen LogP contribution in [0.15, 0.2) is 0 Å². The summed E-state index contributed by atoms with van der Waals surface area (Å²) in [5.41, 5.74) is 5.54. The first-order valence-electron chi connectivity index (χ1n) is 6.03. The van der Waals surface area contributed by atoms with E-state index in [1.807, 2.05) is 0 Å². The van der Waals surface area contributed by atoms with Crippen LogP contribution in [0.25, 0.3) is 0 Å². The molecule has 0 aromatic heterocycles. The van der Waals surface area contributed by atoms with Gasteiger partial charge in [-0.25, -0.2) is 4.79 Å². The van der Waals surface area contributed by atoms with E-state index >= 15 is 0 Å². The van der Waals surface area contributed by atoms with Gasteiger partial charge in [0.15, 0.2) is 6.04 Å². The Balaban J connectivity index is 4.26. The van der Waals surface area contributed by atoms with Crippen molar-refractivity contribution in [3.05, 3.63) is 0 Å². The Hall–Kier alpha value is -1.67. The van der Waals surface area contributed by atoms with Crippen LogP contribution in [0, 0.1) is 0 Å². The van der Waals surface area contributed by atoms with Crippen LogP contribution in [-0.2, 0) is 14.4 Å². The first-order valence-corrected chi connectivity index (χ1v) is 6.03. The highest BCUT2D eigenvalue weighted by atomic mass is 16.4. The van der Waals surface area contributed by atoms with Crippen molar-refractivity contribution < 1.29 is 24.6 Å². The summed E-state index contributed by atoms with van der Waals surface area (Å²) in [6, 6.07) is -2.41. The molecule has 0 aliphatic heterocycles. The van der Waals surface area contributed by atoms with Crippen LogP contribution < -0.4 is 16.4 Å². The molecule has 0 saturated heterocycles. The molecule has 19 heavy (non-hydrogen) atoms. The fourth-order valence-corrected chi connectivity index (χ4v) is 1.35. The van der Waals surface area contributed by atoms with E-state index in [0.717, 1.165) is 0 Å². The van der Waals surface area contributed by atoms with Gasteiger partial charge in [0.2, 0.25) is 11.8 Å².